The average molecular weight is 405 g/mol. The molecule has 0 saturated heterocycles. The summed E-state index contributed by atoms with van der Waals surface area (Å²) in [4.78, 5) is 35.6. The van der Waals surface area contributed by atoms with Crippen molar-refractivity contribution in [3.05, 3.63) is 18.0 Å². The number of aromatic nitrogens is 2. The van der Waals surface area contributed by atoms with E-state index in [4.69, 9.17) is 4.74 Å². The second-order valence-corrected chi connectivity index (χ2v) is 7.04. The molecule has 160 valence electrons. The topological polar surface area (TPSA) is 126 Å². The molecule has 0 unspecified atom stereocenters. The number of aliphatic carboxylic acids is 1. The van der Waals surface area contributed by atoms with Crippen LogP contribution in [-0.4, -0.2) is 52.6 Å². The highest BCUT2D eigenvalue weighted by Gasteiger charge is 2.17. The molecule has 0 aliphatic carbocycles. The molecule has 9 nitrogen and oxygen atoms in total. The quantitative estimate of drug-likeness (QED) is 0.455. The van der Waals surface area contributed by atoms with Crippen molar-refractivity contribution in [2.24, 2.45) is 4.99 Å². The van der Waals surface area contributed by atoms with E-state index >= 15 is 0 Å². The fourth-order valence-electron chi connectivity index (χ4n) is 3.18. The lowest BCUT2D eigenvalue weighted by molar-refractivity contribution is -0.137. The Bertz CT molecular complexity index is 678. The van der Waals surface area contributed by atoms with Crippen molar-refractivity contribution in [1.82, 2.24) is 20.6 Å². The first kappa shape index (κ1) is 22.6. The molecule has 0 bridgehead atoms. The third kappa shape index (κ3) is 8.89. The second-order valence-electron chi connectivity index (χ2n) is 7.04. The molecular weight excluding hydrogens is 374 g/mol. The number of carbonyl (C=O) groups is 2. The van der Waals surface area contributed by atoms with Crippen molar-refractivity contribution in [2.45, 2.75) is 64.2 Å². The number of hydrogen-bond acceptors (Lipinski definition) is 7. The van der Waals surface area contributed by atoms with Crippen molar-refractivity contribution < 1.29 is 19.4 Å². The van der Waals surface area contributed by atoms with Gasteiger partial charge in [-0.1, -0.05) is 19.3 Å². The third-order valence-corrected chi connectivity index (χ3v) is 4.68. The molecule has 29 heavy (non-hydrogen) atoms. The number of hydrogen-bond donors (Lipinski definition) is 3. The summed E-state index contributed by atoms with van der Waals surface area (Å²) in [6.07, 6.45) is 9.11. The van der Waals surface area contributed by atoms with E-state index in [-0.39, 0.29) is 18.2 Å². The lowest BCUT2D eigenvalue weighted by Gasteiger charge is -2.15. The Labute approximate surface area is 171 Å². The van der Waals surface area contributed by atoms with Gasteiger partial charge < -0.3 is 15.2 Å². The third-order valence-electron chi connectivity index (χ3n) is 4.68. The number of rotatable bonds is 12. The number of carboxylic acids is 1. The average Bonchev–Trinajstić information content (AvgIpc) is 2.71. The summed E-state index contributed by atoms with van der Waals surface area (Å²) in [6, 6.07) is 0.304. The van der Waals surface area contributed by atoms with Gasteiger partial charge in [-0.3, -0.25) is 19.9 Å². The van der Waals surface area contributed by atoms with Crippen LogP contribution in [0.2, 0.25) is 0 Å². The van der Waals surface area contributed by atoms with Gasteiger partial charge in [0.05, 0.1) is 13.0 Å². The fraction of sp³-hybridized carbons (Fsp3) is 0.650. The number of nitrogens with zero attached hydrogens (tertiary/aromatic N) is 3. The maximum Gasteiger partial charge on any atom is 0.316 e. The number of nitrogens with one attached hydrogen (secondary N) is 2. The number of amides is 1. The van der Waals surface area contributed by atoms with Crippen LogP contribution in [0.25, 0.3) is 0 Å². The number of guanidine groups is 1. The first-order valence-electron chi connectivity index (χ1n) is 10.3. The largest absolute Gasteiger partial charge is 0.481 e. The molecule has 0 radical (unpaired) electrons. The molecule has 3 N–H and O–H groups in total. The van der Waals surface area contributed by atoms with Crippen molar-refractivity contribution in [2.75, 3.05) is 19.7 Å². The minimum atomic E-state index is -0.834. The van der Waals surface area contributed by atoms with E-state index in [9.17, 15) is 14.7 Å². The summed E-state index contributed by atoms with van der Waals surface area (Å²) in [5.74, 6) is -0.398. The number of aliphatic imine (C=N–C) groups is 1. The zero-order valence-corrected chi connectivity index (χ0v) is 17.0. The highest BCUT2D eigenvalue weighted by Crippen LogP contribution is 2.26. The Morgan fingerprint density at radius 2 is 2.00 bits per heavy atom. The van der Waals surface area contributed by atoms with E-state index in [0.717, 1.165) is 57.2 Å². The van der Waals surface area contributed by atoms with Gasteiger partial charge in [0.15, 0.2) is 5.96 Å². The van der Waals surface area contributed by atoms with E-state index in [1.54, 1.807) is 12.4 Å². The van der Waals surface area contributed by atoms with E-state index in [1.807, 2.05) is 6.92 Å². The standard InChI is InChI=1S/C20H31N5O4/c1-2-29-20-23-13-16(14-24-20)15(12-18(27)28)8-5-3-4-6-9-17(26)25-19-21-10-7-11-22-19/h13-15H,2-12H2,1H3,(H,27,28)(H2,21,22,25,26)/t15-/m0/s1. The van der Waals surface area contributed by atoms with Crippen molar-refractivity contribution >= 4 is 17.8 Å². The van der Waals surface area contributed by atoms with Gasteiger partial charge in [-0.15, -0.1) is 0 Å². The zero-order valence-electron chi connectivity index (χ0n) is 17.0. The Morgan fingerprint density at radius 3 is 2.66 bits per heavy atom. The van der Waals surface area contributed by atoms with Crippen LogP contribution in [0.3, 0.4) is 0 Å². The van der Waals surface area contributed by atoms with Crippen LogP contribution in [0.4, 0.5) is 0 Å². The van der Waals surface area contributed by atoms with Crippen LogP contribution >= 0.6 is 0 Å². The molecule has 2 rings (SSSR count). The minimum absolute atomic E-state index is 0.0200. The smallest absolute Gasteiger partial charge is 0.316 e. The molecule has 1 aromatic rings. The molecule has 2 heterocycles. The molecule has 9 heteroatoms. The maximum absolute atomic E-state index is 11.9. The van der Waals surface area contributed by atoms with Gasteiger partial charge in [0.2, 0.25) is 5.91 Å². The Kier molecular flexibility index (Phi) is 9.88. The van der Waals surface area contributed by atoms with Gasteiger partial charge in [-0.05, 0) is 37.7 Å². The predicted octanol–water partition coefficient (Wildman–Crippen LogP) is 2.24. The SMILES string of the molecule is CCOc1ncc([C@@H](CCCCCCC(=O)NC2=NCCCN2)CC(=O)O)cn1. The molecule has 0 fully saturated rings. The predicted molar refractivity (Wildman–Crippen MR) is 109 cm³/mol. The molecular formula is C20H31N5O4. The lowest BCUT2D eigenvalue weighted by Crippen LogP contribution is -2.43. The summed E-state index contributed by atoms with van der Waals surface area (Å²) in [5.41, 5.74) is 0.816. The molecule has 1 atom stereocenters. The van der Waals surface area contributed by atoms with Crippen molar-refractivity contribution in [1.29, 1.82) is 0 Å². The van der Waals surface area contributed by atoms with Gasteiger partial charge >= 0.3 is 12.0 Å². The Hall–Kier alpha value is -2.71. The summed E-state index contributed by atoms with van der Waals surface area (Å²) < 4.78 is 5.23. The van der Waals surface area contributed by atoms with Crippen molar-refractivity contribution in [3.63, 3.8) is 0 Å². The highest BCUT2D eigenvalue weighted by molar-refractivity contribution is 5.97. The second kappa shape index (κ2) is 12.7. The number of ether oxygens (including phenoxy) is 1. The Balaban J connectivity index is 1.67. The van der Waals surface area contributed by atoms with E-state index in [2.05, 4.69) is 25.6 Å². The lowest BCUT2D eigenvalue weighted by atomic mass is 9.92. The van der Waals surface area contributed by atoms with E-state index in [0.29, 0.717) is 25.0 Å². The molecule has 1 aliphatic heterocycles. The monoisotopic (exact) mass is 405 g/mol. The summed E-state index contributed by atoms with van der Waals surface area (Å²) in [7, 11) is 0. The van der Waals surface area contributed by atoms with Crippen LogP contribution in [0.5, 0.6) is 6.01 Å². The van der Waals surface area contributed by atoms with Crippen molar-refractivity contribution in [3.8, 4) is 6.01 Å². The first-order valence-corrected chi connectivity index (χ1v) is 10.3. The maximum atomic E-state index is 11.9. The number of unbranched alkanes of at least 4 members (excludes halogenated alkanes) is 3. The van der Waals surface area contributed by atoms with E-state index in [1.165, 1.54) is 0 Å². The van der Waals surface area contributed by atoms with Crippen LogP contribution in [-0.2, 0) is 9.59 Å². The van der Waals surface area contributed by atoms with Gasteiger partial charge in [0.25, 0.3) is 0 Å². The number of carboxylic acid groups (broad SMARTS) is 1. The fourth-order valence-corrected chi connectivity index (χ4v) is 3.18. The molecule has 1 aromatic heterocycles. The number of carbonyl (C=O) groups excluding carboxylic acids is 1. The molecule has 1 amide bonds. The summed E-state index contributed by atoms with van der Waals surface area (Å²) >= 11 is 0. The van der Waals surface area contributed by atoms with Gasteiger partial charge in [0, 0.05) is 31.9 Å². The molecule has 0 aromatic carbocycles. The van der Waals surface area contributed by atoms with Crippen LogP contribution < -0.4 is 15.4 Å². The first-order chi connectivity index (χ1) is 14.1. The highest BCUT2D eigenvalue weighted by atomic mass is 16.5. The summed E-state index contributed by atoms with van der Waals surface area (Å²) in [6.45, 7) is 3.94. The zero-order chi connectivity index (χ0) is 20.9. The van der Waals surface area contributed by atoms with Crippen LogP contribution in [0.15, 0.2) is 17.4 Å². The van der Waals surface area contributed by atoms with Crippen LogP contribution in [0, 0.1) is 0 Å². The molecule has 1 aliphatic rings. The van der Waals surface area contributed by atoms with Gasteiger partial charge in [-0.2, -0.15) is 0 Å². The van der Waals surface area contributed by atoms with Crippen LogP contribution in [0.1, 0.15) is 69.8 Å². The van der Waals surface area contributed by atoms with Gasteiger partial charge in [0.1, 0.15) is 0 Å². The van der Waals surface area contributed by atoms with Gasteiger partial charge in [-0.25, -0.2) is 9.97 Å². The molecule has 0 spiro atoms. The summed E-state index contributed by atoms with van der Waals surface area (Å²) in [5, 5.41) is 15.1. The molecule has 0 saturated carbocycles. The normalized spacial score (nSPS) is 14.4. The Morgan fingerprint density at radius 1 is 1.24 bits per heavy atom. The minimum Gasteiger partial charge on any atom is -0.481 e. The van der Waals surface area contributed by atoms with E-state index < -0.39 is 5.97 Å².